The molecule has 0 radical (unpaired) electrons. The fourth-order valence-corrected chi connectivity index (χ4v) is 2.00. The van der Waals surface area contributed by atoms with E-state index in [2.05, 4.69) is 33.3 Å². The minimum absolute atomic E-state index is 0.954. The van der Waals surface area contributed by atoms with Crippen molar-refractivity contribution in [2.24, 2.45) is 0 Å². The molecule has 0 spiro atoms. The average Bonchev–Trinajstić information content (AvgIpc) is 2.54. The van der Waals surface area contributed by atoms with Gasteiger partial charge in [0.05, 0.1) is 5.69 Å². The number of nitrogens with one attached hydrogen (secondary N) is 1. The third kappa shape index (κ3) is 1.01. The summed E-state index contributed by atoms with van der Waals surface area (Å²) in [7, 11) is 0. The molecule has 0 atom stereocenters. The third-order valence-corrected chi connectivity index (χ3v) is 2.65. The first-order valence-corrected chi connectivity index (χ1v) is 4.57. The Morgan fingerprint density at radius 3 is 3.18 bits per heavy atom. The molecule has 1 aliphatic rings. The zero-order chi connectivity index (χ0) is 7.84. The smallest absolute Gasteiger partial charge is 0.132 e. The highest BCUT2D eigenvalue weighted by Crippen LogP contribution is 2.23. The highest BCUT2D eigenvalue weighted by atomic mass is 79.9. The van der Waals surface area contributed by atoms with Crippen molar-refractivity contribution in [2.75, 3.05) is 0 Å². The lowest BCUT2D eigenvalue weighted by molar-refractivity contribution is 0.602. The lowest BCUT2D eigenvalue weighted by atomic mass is 10.3. The van der Waals surface area contributed by atoms with Crippen LogP contribution in [0.2, 0.25) is 0 Å². The fraction of sp³-hybridized carbons (Fsp3) is 0.571. The summed E-state index contributed by atoms with van der Waals surface area (Å²) in [5.41, 5.74) is 2.66. The number of aromatic nitrogens is 2. The minimum atomic E-state index is 0.954. The van der Waals surface area contributed by atoms with E-state index in [4.69, 9.17) is 0 Å². The van der Waals surface area contributed by atoms with Crippen molar-refractivity contribution >= 4 is 15.9 Å². The topological polar surface area (TPSA) is 29.9 Å². The van der Waals surface area contributed by atoms with Crippen LogP contribution in [0.1, 0.15) is 18.2 Å². The summed E-state index contributed by atoms with van der Waals surface area (Å²) >= 11 is 3.44. The SMILES string of the molecule is CCn1nc(Br)c2c1CNC2. The maximum Gasteiger partial charge on any atom is 0.132 e. The van der Waals surface area contributed by atoms with E-state index in [1.54, 1.807) is 0 Å². The zero-order valence-corrected chi connectivity index (χ0v) is 7.98. The number of fused-ring (bicyclic) bond motifs is 1. The van der Waals surface area contributed by atoms with E-state index in [-0.39, 0.29) is 0 Å². The van der Waals surface area contributed by atoms with E-state index in [1.165, 1.54) is 11.3 Å². The first-order chi connectivity index (χ1) is 5.33. The van der Waals surface area contributed by atoms with Gasteiger partial charge in [0.1, 0.15) is 4.60 Å². The van der Waals surface area contributed by atoms with E-state index in [9.17, 15) is 0 Å². The van der Waals surface area contributed by atoms with E-state index in [1.807, 2.05) is 4.68 Å². The summed E-state index contributed by atoms with van der Waals surface area (Å²) < 4.78 is 3.04. The van der Waals surface area contributed by atoms with Gasteiger partial charge in [-0.1, -0.05) is 0 Å². The van der Waals surface area contributed by atoms with Crippen LogP contribution in [0.15, 0.2) is 4.60 Å². The molecule has 4 heteroatoms. The van der Waals surface area contributed by atoms with Gasteiger partial charge in [-0.05, 0) is 22.9 Å². The molecule has 3 nitrogen and oxygen atoms in total. The van der Waals surface area contributed by atoms with Crippen LogP contribution in [0.25, 0.3) is 0 Å². The number of hydrogen-bond donors (Lipinski definition) is 1. The largest absolute Gasteiger partial charge is 0.307 e. The van der Waals surface area contributed by atoms with Crippen molar-refractivity contribution in [3.63, 3.8) is 0 Å². The number of hydrogen-bond acceptors (Lipinski definition) is 2. The lowest BCUT2D eigenvalue weighted by Crippen LogP contribution is -2.07. The van der Waals surface area contributed by atoms with Crippen molar-refractivity contribution in [3.8, 4) is 0 Å². The second kappa shape index (κ2) is 2.60. The molecule has 0 bridgehead atoms. The van der Waals surface area contributed by atoms with Gasteiger partial charge >= 0.3 is 0 Å². The molecule has 1 aromatic heterocycles. The van der Waals surface area contributed by atoms with Crippen LogP contribution in [-0.4, -0.2) is 9.78 Å². The van der Waals surface area contributed by atoms with E-state index in [0.717, 1.165) is 24.2 Å². The van der Waals surface area contributed by atoms with Crippen LogP contribution in [-0.2, 0) is 19.6 Å². The molecule has 0 saturated heterocycles. The van der Waals surface area contributed by atoms with Gasteiger partial charge in [-0.2, -0.15) is 5.10 Å². The Bertz CT molecular complexity index is 279. The molecule has 0 fully saturated rings. The average molecular weight is 216 g/mol. The molecule has 0 aromatic carbocycles. The molecule has 1 aromatic rings. The lowest BCUT2D eigenvalue weighted by Gasteiger charge is -1.98. The molecule has 1 N–H and O–H groups in total. The van der Waals surface area contributed by atoms with E-state index < -0.39 is 0 Å². The molecule has 1 aliphatic heterocycles. The van der Waals surface area contributed by atoms with Crippen LogP contribution in [0.4, 0.5) is 0 Å². The first kappa shape index (κ1) is 7.31. The van der Waals surface area contributed by atoms with Crippen LogP contribution < -0.4 is 5.32 Å². The highest BCUT2D eigenvalue weighted by molar-refractivity contribution is 9.10. The van der Waals surface area contributed by atoms with E-state index >= 15 is 0 Å². The monoisotopic (exact) mass is 215 g/mol. The molecular formula is C7H10BrN3. The molecule has 0 aliphatic carbocycles. The third-order valence-electron chi connectivity index (χ3n) is 2.01. The van der Waals surface area contributed by atoms with Gasteiger partial charge in [-0.3, -0.25) is 4.68 Å². The van der Waals surface area contributed by atoms with Gasteiger partial charge < -0.3 is 5.32 Å². The minimum Gasteiger partial charge on any atom is -0.307 e. The van der Waals surface area contributed by atoms with Gasteiger partial charge in [0.2, 0.25) is 0 Å². The van der Waals surface area contributed by atoms with E-state index in [0.29, 0.717) is 0 Å². The number of nitrogens with zero attached hydrogens (tertiary/aromatic N) is 2. The molecule has 2 rings (SSSR count). The Morgan fingerprint density at radius 1 is 1.64 bits per heavy atom. The molecule has 60 valence electrons. The maximum absolute atomic E-state index is 4.34. The second-order valence-electron chi connectivity index (χ2n) is 2.64. The van der Waals surface area contributed by atoms with Crippen LogP contribution >= 0.6 is 15.9 Å². The van der Waals surface area contributed by atoms with Crippen molar-refractivity contribution in [3.05, 3.63) is 15.9 Å². The summed E-state index contributed by atoms with van der Waals surface area (Å²) in [4.78, 5) is 0. The first-order valence-electron chi connectivity index (χ1n) is 3.77. The molecule has 0 unspecified atom stereocenters. The summed E-state index contributed by atoms with van der Waals surface area (Å²) in [5, 5.41) is 7.64. The van der Waals surface area contributed by atoms with Crippen molar-refractivity contribution in [1.29, 1.82) is 0 Å². The fourth-order valence-electron chi connectivity index (χ4n) is 1.44. The molecular weight excluding hydrogens is 206 g/mol. The van der Waals surface area contributed by atoms with Gasteiger partial charge in [-0.25, -0.2) is 0 Å². The van der Waals surface area contributed by atoms with Crippen molar-refractivity contribution in [2.45, 2.75) is 26.6 Å². The second-order valence-corrected chi connectivity index (χ2v) is 3.39. The zero-order valence-electron chi connectivity index (χ0n) is 6.39. The maximum atomic E-state index is 4.34. The Hall–Kier alpha value is -0.350. The summed E-state index contributed by atoms with van der Waals surface area (Å²) in [5.74, 6) is 0. The summed E-state index contributed by atoms with van der Waals surface area (Å²) in [6.07, 6.45) is 0. The standard InChI is InChI=1S/C7H10BrN3/c1-2-11-6-4-9-3-5(6)7(8)10-11/h9H,2-4H2,1H3. The molecule has 0 amide bonds. The normalized spacial score (nSPS) is 15.5. The van der Waals surface area contributed by atoms with Crippen LogP contribution in [0, 0.1) is 0 Å². The highest BCUT2D eigenvalue weighted by Gasteiger charge is 2.19. The predicted octanol–water partition coefficient (Wildman–Crippen LogP) is 1.27. The predicted molar refractivity (Wildman–Crippen MR) is 46.1 cm³/mol. The summed E-state index contributed by atoms with van der Waals surface area (Å²) in [6.45, 7) is 4.98. The Labute approximate surface area is 73.9 Å². The number of halogens is 1. The molecule has 11 heavy (non-hydrogen) atoms. The van der Waals surface area contributed by atoms with Gasteiger partial charge in [-0.15, -0.1) is 0 Å². The molecule has 2 heterocycles. The van der Waals surface area contributed by atoms with Gasteiger partial charge in [0.15, 0.2) is 0 Å². The van der Waals surface area contributed by atoms with Crippen molar-refractivity contribution in [1.82, 2.24) is 15.1 Å². The van der Waals surface area contributed by atoms with Gasteiger partial charge in [0.25, 0.3) is 0 Å². The quantitative estimate of drug-likeness (QED) is 0.766. The van der Waals surface area contributed by atoms with Crippen LogP contribution in [0.3, 0.4) is 0 Å². The number of aryl methyl sites for hydroxylation is 1. The number of rotatable bonds is 1. The van der Waals surface area contributed by atoms with Crippen molar-refractivity contribution < 1.29 is 0 Å². The summed E-state index contributed by atoms with van der Waals surface area (Å²) in [6, 6.07) is 0. The van der Waals surface area contributed by atoms with Gasteiger partial charge in [0, 0.05) is 25.2 Å². The molecule has 0 saturated carbocycles. The Balaban J connectivity index is 2.52. The van der Waals surface area contributed by atoms with Crippen LogP contribution in [0.5, 0.6) is 0 Å². The Morgan fingerprint density at radius 2 is 2.45 bits per heavy atom. The Kier molecular flexibility index (Phi) is 1.73.